The zero-order chi connectivity index (χ0) is 13.8. The minimum atomic E-state index is -2.61. The van der Waals surface area contributed by atoms with Crippen LogP contribution in [0.4, 0.5) is 8.78 Å². The number of methoxy groups -OCH3 is 1. The fourth-order valence-corrected chi connectivity index (χ4v) is 2.00. The van der Waals surface area contributed by atoms with E-state index in [0.29, 0.717) is 22.4 Å². The molecule has 0 radical (unpaired) electrons. The SMILES string of the molecule is COc1ccccc1-c1ccc(CO)cc1C(F)F. The quantitative estimate of drug-likeness (QED) is 0.910. The van der Waals surface area contributed by atoms with Crippen LogP contribution in [-0.4, -0.2) is 12.2 Å². The number of aliphatic hydroxyl groups excluding tert-OH is 1. The maximum absolute atomic E-state index is 13.1. The fraction of sp³-hybridized carbons (Fsp3) is 0.200. The molecule has 0 spiro atoms. The van der Waals surface area contributed by atoms with Gasteiger partial charge in [0, 0.05) is 11.1 Å². The van der Waals surface area contributed by atoms with Crippen LogP contribution in [0.25, 0.3) is 11.1 Å². The van der Waals surface area contributed by atoms with Gasteiger partial charge >= 0.3 is 0 Å². The van der Waals surface area contributed by atoms with Crippen LogP contribution in [0.3, 0.4) is 0 Å². The largest absolute Gasteiger partial charge is 0.496 e. The number of hydrogen-bond donors (Lipinski definition) is 1. The Kier molecular flexibility index (Phi) is 4.12. The van der Waals surface area contributed by atoms with Crippen molar-refractivity contribution in [3.05, 3.63) is 53.6 Å². The molecule has 0 saturated carbocycles. The summed E-state index contributed by atoms with van der Waals surface area (Å²) in [5.41, 5.74) is 1.40. The minimum Gasteiger partial charge on any atom is -0.496 e. The highest BCUT2D eigenvalue weighted by molar-refractivity contribution is 5.74. The molecule has 0 saturated heterocycles. The summed E-state index contributed by atoms with van der Waals surface area (Å²) in [5, 5.41) is 9.04. The maximum Gasteiger partial charge on any atom is 0.264 e. The molecule has 4 heteroatoms. The molecule has 19 heavy (non-hydrogen) atoms. The number of halogens is 2. The lowest BCUT2D eigenvalue weighted by Gasteiger charge is -2.13. The molecule has 0 bridgehead atoms. The zero-order valence-electron chi connectivity index (χ0n) is 10.4. The third kappa shape index (κ3) is 2.74. The van der Waals surface area contributed by atoms with Crippen LogP contribution in [0.5, 0.6) is 5.75 Å². The second-order valence-corrected chi connectivity index (χ2v) is 4.08. The monoisotopic (exact) mass is 264 g/mol. The smallest absolute Gasteiger partial charge is 0.264 e. The number of para-hydroxylation sites is 1. The Morgan fingerprint density at radius 1 is 1.11 bits per heavy atom. The fourth-order valence-electron chi connectivity index (χ4n) is 2.00. The zero-order valence-corrected chi connectivity index (χ0v) is 10.4. The number of aliphatic hydroxyl groups is 1. The van der Waals surface area contributed by atoms with Crippen molar-refractivity contribution in [2.45, 2.75) is 13.0 Å². The van der Waals surface area contributed by atoms with E-state index >= 15 is 0 Å². The van der Waals surface area contributed by atoms with Gasteiger partial charge in [-0.05, 0) is 23.3 Å². The van der Waals surface area contributed by atoms with Crippen molar-refractivity contribution < 1.29 is 18.6 Å². The van der Waals surface area contributed by atoms with Crippen LogP contribution in [-0.2, 0) is 6.61 Å². The molecular weight excluding hydrogens is 250 g/mol. The average Bonchev–Trinajstić information content (AvgIpc) is 2.46. The molecule has 2 aromatic rings. The first kappa shape index (κ1) is 13.5. The lowest BCUT2D eigenvalue weighted by atomic mass is 9.97. The van der Waals surface area contributed by atoms with Gasteiger partial charge in [0.2, 0.25) is 0 Å². The van der Waals surface area contributed by atoms with Gasteiger partial charge in [0.15, 0.2) is 0 Å². The Bertz CT molecular complexity index is 568. The van der Waals surface area contributed by atoms with Crippen molar-refractivity contribution in [3.63, 3.8) is 0 Å². The van der Waals surface area contributed by atoms with Crippen molar-refractivity contribution in [1.29, 1.82) is 0 Å². The Morgan fingerprint density at radius 3 is 2.47 bits per heavy atom. The Morgan fingerprint density at radius 2 is 1.84 bits per heavy atom. The third-order valence-corrected chi connectivity index (χ3v) is 2.93. The van der Waals surface area contributed by atoms with Gasteiger partial charge in [-0.3, -0.25) is 0 Å². The second-order valence-electron chi connectivity index (χ2n) is 4.08. The second kappa shape index (κ2) is 5.80. The van der Waals surface area contributed by atoms with Gasteiger partial charge in [0.1, 0.15) is 5.75 Å². The number of ether oxygens (including phenoxy) is 1. The highest BCUT2D eigenvalue weighted by atomic mass is 19.3. The van der Waals surface area contributed by atoms with E-state index in [4.69, 9.17) is 9.84 Å². The van der Waals surface area contributed by atoms with E-state index in [1.807, 2.05) is 0 Å². The first-order chi connectivity index (χ1) is 9.17. The summed E-state index contributed by atoms with van der Waals surface area (Å²) in [6.07, 6.45) is -2.61. The van der Waals surface area contributed by atoms with Gasteiger partial charge < -0.3 is 9.84 Å². The van der Waals surface area contributed by atoms with Crippen molar-refractivity contribution in [1.82, 2.24) is 0 Å². The molecule has 0 unspecified atom stereocenters. The van der Waals surface area contributed by atoms with Gasteiger partial charge in [-0.25, -0.2) is 8.78 Å². The molecule has 100 valence electrons. The van der Waals surface area contributed by atoms with Crippen LogP contribution in [0.1, 0.15) is 17.6 Å². The summed E-state index contributed by atoms with van der Waals surface area (Å²) < 4.78 is 31.5. The molecule has 0 fully saturated rings. The first-order valence-corrected chi connectivity index (χ1v) is 5.82. The third-order valence-electron chi connectivity index (χ3n) is 2.93. The maximum atomic E-state index is 13.1. The van der Waals surface area contributed by atoms with Gasteiger partial charge in [-0.1, -0.05) is 30.3 Å². The predicted octanol–water partition coefficient (Wildman–Crippen LogP) is 3.79. The Hall–Kier alpha value is -1.94. The highest BCUT2D eigenvalue weighted by Crippen LogP contribution is 2.36. The number of rotatable bonds is 4. The van der Waals surface area contributed by atoms with Gasteiger partial charge in [-0.2, -0.15) is 0 Å². The molecule has 0 aliphatic rings. The lowest BCUT2D eigenvalue weighted by molar-refractivity contribution is 0.151. The summed E-state index contributed by atoms with van der Waals surface area (Å²) in [5.74, 6) is 0.543. The summed E-state index contributed by atoms with van der Waals surface area (Å²) in [6, 6.07) is 11.6. The van der Waals surface area contributed by atoms with Crippen LogP contribution in [0, 0.1) is 0 Å². The van der Waals surface area contributed by atoms with E-state index in [0.717, 1.165) is 0 Å². The normalized spacial score (nSPS) is 10.8. The van der Waals surface area contributed by atoms with Crippen molar-refractivity contribution in [2.75, 3.05) is 7.11 Å². The average molecular weight is 264 g/mol. The molecule has 2 nitrogen and oxygen atoms in total. The molecule has 0 aliphatic carbocycles. The Balaban J connectivity index is 2.61. The van der Waals surface area contributed by atoms with Crippen LogP contribution in [0.2, 0.25) is 0 Å². The van der Waals surface area contributed by atoms with Crippen LogP contribution in [0.15, 0.2) is 42.5 Å². The minimum absolute atomic E-state index is 0.101. The molecule has 0 amide bonds. The summed E-state index contributed by atoms with van der Waals surface area (Å²) in [4.78, 5) is 0. The molecular formula is C15H14F2O2. The molecule has 2 rings (SSSR count). The van der Waals surface area contributed by atoms with Crippen molar-refractivity contribution >= 4 is 0 Å². The van der Waals surface area contributed by atoms with Gasteiger partial charge in [-0.15, -0.1) is 0 Å². The molecule has 1 N–H and O–H groups in total. The van der Waals surface area contributed by atoms with E-state index in [1.165, 1.54) is 13.2 Å². The summed E-state index contributed by atoms with van der Waals surface area (Å²) >= 11 is 0. The molecule has 0 aromatic heterocycles. The van der Waals surface area contributed by atoms with E-state index in [1.54, 1.807) is 36.4 Å². The van der Waals surface area contributed by atoms with E-state index in [2.05, 4.69) is 0 Å². The molecule has 0 aliphatic heterocycles. The summed E-state index contributed by atoms with van der Waals surface area (Å²) in [6.45, 7) is -0.258. The number of benzene rings is 2. The predicted molar refractivity (Wildman–Crippen MR) is 69.3 cm³/mol. The van der Waals surface area contributed by atoms with E-state index in [-0.39, 0.29) is 12.2 Å². The first-order valence-electron chi connectivity index (χ1n) is 5.82. The van der Waals surface area contributed by atoms with Gasteiger partial charge in [0.25, 0.3) is 6.43 Å². The molecule has 2 aromatic carbocycles. The van der Waals surface area contributed by atoms with Crippen LogP contribution < -0.4 is 4.74 Å². The summed E-state index contributed by atoms with van der Waals surface area (Å²) in [7, 11) is 1.50. The molecule has 0 atom stereocenters. The lowest BCUT2D eigenvalue weighted by Crippen LogP contribution is -1.95. The standard InChI is InChI=1S/C15H14F2O2/c1-19-14-5-3-2-4-12(14)11-7-6-10(9-18)8-13(11)15(16)17/h2-8,15,18H,9H2,1H3. The van der Waals surface area contributed by atoms with Crippen molar-refractivity contribution in [3.8, 4) is 16.9 Å². The van der Waals surface area contributed by atoms with Crippen LogP contribution >= 0.6 is 0 Å². The van der Waals surface area contributed by atoms with E-state index in [9.17, 15) is 8.78 Å². The highest BCUT2D eigenvalue weighted by Gasteiger charge is 2.17. The molecule has 0 heterocycles. The number of hydrogen-bond acceptors (Lipinski definition) is 2. The topological polar surface area (TPSA) is 29.5 Å². The van der Waals surface area contributed by atoms with Crippen molar-refractivity contribution in [2.24, 2.45) is 0 Å². The Labute approximate surface area is 110 Å². The van der Waals surface area contributed by atoms with E-state index < -0.39 is 6.43 Å². The number of alkyl halides is 2. The van der Waals surface area contributed by atoms with Gasteiger partial charge in [0.05, 0.1) is 13.7 Å².